The van der Waals surface area contributed by atoms with Crippen LogP contribution in [0.1, 0.15) is 18.4 Å². The molecule has 1 aromatic carbocycles. The van der Waals surface area contributed by atoms with Crippen LogP contribution in [-0.4, -0.2) is 30.2 Å². The number of carbonyl (C=O) groups excluding carboxylic acids is 1. The van der Waals surface area contributed by atoms with Crippen molar-refractivity contribution in [2.45, 2.75) is 12.8 Å². The molecule has 0 saturated carbocycles. The van der Waals surface area contributed by atoms with Crippen molar-refractivity contribution in [1.29, 1.82) is 0 Å². The number of oxime groups is 1. The van der Waals surface area contributed by atoms with E-state index in [0.29, 0.717) is 37.3 Å². The summed E-state index contributed by atoms with van der Waals surface area (Å²) in [6.45, 7) is 1.21. The fourth-order valence-electron chi connectivity index (χ4n) is 2.09. The Kier molecular flexibility index (Phi) is 4.97. The minimum absolute atomic E-state index is 0.0476. The molecule has 0 unspecified atom stereocenters. The zero-order valence-electron chi connectivity index (χ0n) is 10.8. The maximum absolute atomic E-state index is 12.2. The lowest BCUT2D eigenvalue weighted by Crippen LogP contribution is -2.29. The summed E-state index contributed by atoms with van der Waals surface area (Å²) in [4.78, 5) is 12.2. The van der Waals surface area contributed by atoms with Gasteiger partial charge in [-0.1, -0.05) is 21.1 Å². The molecule has 1 fully saturated rings. The van der Waals surface area contributed by atoms with Crippen LogP contribution in [0.15, 0.2) is 27.8 Å². The summed E-state index contributed by atoms with van der Waals surface area (Å²) in [6.07, 6.45) is 1.42. The molecule has 7 heteroatoms. The standard InChI is InChI=1S/C13H16BrN3O3/c14-9-1-2-11(10(7-9)12(15)17-19)16-13(18)8-3-5-20-6-4-8/h1-2,7-8,19H,3-6H2,(H2,15,17)(H,16,18). The molecule has 0 atom stereocenters. The van der Waals surface area contributed by atoms with E-state index in [4.69, 9.17) is 15.7 Å². The number of halogens is 1. The summed E-state index contributed by atoms with van der Waals surface area (Å²) >= 11 is 3.32. The zero-order valence-corrected chi connectivity index (χ0v) is 12.4. The van der Waals surface area contributed by atoms with Gasteiger partial charge in [-0.25, -0.2) is 0 Å². The van der Waals surface area contributed by atoms with Crippen LogP contribution in [-0.2, 0) is 9.53 Å². The Morgan fingerprint density at radius 1 is 1.45 bits per heavy atom. The number of anilines is 1. The fourth-order valence-corrected chi connectivity index (χ4v) is 2.45. The van der Waals surface area contributed by atoms with Crippen LogP contribution in [0.3, 0.4) is 0 Å². The summed E-state index contributed by atoms with van der Waals surface area (Å²) in [5.74, 6) is -0.177. The van der Waals surface area contributed by atoms with E-state index in [1.54, 1.807) is 18.2 Å². The van der Waals surface area contributed by atoms with Gasteiger partial charge in [0.1, 0.15) is 0 Å². The average Bonchev–Trinajstić information content (AvgIpc) is 2.49. The topological polar surface area (TPSA) is 96.9 Å². The highest BCUT2D eigenvalue weighted by Crippen LogP contribution is 2.23. The molecule has 1 aromatic rings. The van der Waals surface area contributed by atoms with Gasteiger partial charge in [0.15, 0.2) is 5.84 Å². The SMILES string of the molecule is N/C(=N/O)c1cc(Br)ccc1NC(=O)C1CCOCC1. The number of rotatable bonds is 3. The van der Waals surface area contributed by atoms with Crippen molar-refractivity contribution in [3.05, 3.63) is 28.2 Å². The van der Waals surface area contributed by atoms with E-state index < -0.39 is 0 Å². The van der Waals surface area contributed by atoms with Gasteiger partial charge >= 0.3 is 0 Å². The molecule has 1 saturated heterocycles. The van der Waals surface area contributed by atoms with Gasteiger partial charge in [-0.05, 0) is 31.0 Å². The molecule has 0 radical (unpaired) electrons. The van der Waals surface area contributed by atoms with Crippen molar-refractivity contribution in [3.63, 3.8) is 0 Å². The number of nitrogens with one attached hydrogen (secondary N) is 1. The van der Waals surface area contributed by atoms with Crippen LogP contribution in [0.2, 0.25) is 0 Å². The first-order valence-corrected chi connectivity index (χ1v) is 7.07. The monoisotopic (exact) mass is 341 g/mol. The molecule has 0 aliphatic carbocycles. The van der Waals surface area contributed by atoms with Gasteiger partial charge in [0.25, 0.3) is 0 Å². The third kappa shape index (κ3) is 3.49. The van der Waals surface area contributed by atoms with Crippen LogP contribution in [0, 0.1) is 5.92 Å². The van der Waals surface area contributed by atoms with E-state index >= 15 is 0 Å². The maximum Gasteiger partial charge on any atom is 0.227 e. The van der Waals surface area contributed by atoms with Crippen molar-refractivity contribution in [1.82, 2.24) is 0 Å². The maximum atomic E-state index is 12.2. The number of ether oxygens (including phenoxy) is 1. The average molecular weight is 342 g/mol. The molecule has 1 heterocycles. The van der Waals surface area contributed by atoms with Gasteiger partial charge in [0.2, 0.25) is 5.91 Å². The molecule has 1 aliphatic heterocycles. The van der Waals surface area contributed by atoms with Crippen molar-refractivity contribution in [3.8, 4) is 0 Å². The number of hydrogen-bond acceptors (Lipinski definition) is 4. The number of amides is 1. The Morgan fingerprint density at radius 3 is 2.80 bits per heavy atom. The zero-order chi connectivity index (χ0) is 14.5. The molecule has 0 bridgehead atoms. The molecule has 4 N–H and O–H groups in total. The third-order valence-electron chi connectivity index (χ3n) is 3.22. The van der Waals surface area contributed by atoms with Crippen LogP contribution in [0.5, 0.6) is 0 Å². The largest absolute Gasteiger partial charge is 0.409 e. The van der Waals surface area contributed by atoms with Crippen molar-refractivity contribution in [2.75, 3.05) is 18.5 Å². The molecule has 6 nitrogen and oxygen atoms in total. The Hall–Kier alpha value is -1.60. The predicted molar refractivity (Wildman–Crippen MR) is 78.8 cm³/mol. The van der Waals surface area contributed by atoms with Gasteiger partial charge in [-0.3, -0.25) is 4.79 Å². The van der Waals surface area contributed by atoms with Crippen LogP contribution < -0.4 is 11.1 Å². The molecule has 1 aliphatic rings. The predicted octanol–water partition coefficient (Wildman–Crippen LogP) is 1.91. The van der Waals surface area contributed by atoms with Crippen molar-refractivity contribution in [2.24, 2.45) is 16.8 Å². The van der Waals surface area contributed by atoms with E-state index in [2.05, 4.69) is 26.4 Å². The lowest BCUT2D eigenvalue weighted by molar-refractivity contribution is -0.122. The van der Waals surface area contributed by atoms with Gasteiger partial charge in [-0.15, -0.1) is 0 Å². The number of nitrogens with zero attached hydrogens (tertiary/aromatic N) is 1. The molecular weight excluding hydrogens is 326 g/mol. The summed E-state index contributed by atoms with van der Waals surface area (Å²) in [7, 11) is 0. The van der Waals surface area contributed by atoms with Crippen LogP contribution in [0.25, 0.3) is 0 Å². The Labute approximate surface area is 125 Å². The molecule has 2 rings (SSSR count). The van der Waals surface area contributed by atoms with E-state index in [-0.39, 0.29) is 17.7 Å². The smallest absolute Gasteiger partial charge is 0.227 e. The van der Waals surface area contributed by atoms with E-state index in [1.165, 1.54) is 0 Å². The molecule has 1 amide bonds. The Balaban J connectivity index is 2.18. The van der Waals surface area contributed by atoms with Gasteiger partial charge in [-0.2, -0.15) is 0 Å². The molecule has 108 valence electrons. The Morgan fingerprint density at radius 2 is 2.15 bits per heavy atom. The van der Waals surface area contributed by atoms with Crippen molar-refractivity contribution >= 4 is 33.4 Å². The van der Waals surface area contributed by atoms with Gasteiger partial charge in [0, 0.05) is 29.2 Å². The summed E-state index contributed by atoms with van der Waals surface area (Å²) in [5.41, 5.74) is 6.63. The van der Waals surface area contributed by atoms with E-state index in [0.717, 1.165) is 4.47 Å². The number of benzene rings is 1. The van der Waals surface area contributed by atoms with E-state index in [9.17, 15) is 4.79 Å². The first-order chi connectivity index (χ1) is 9.61. The summed E-state index contributed by atoms with van der Waals surface area (Å²) < 4.78 is 6.02. The molecule has 20 heavy (non-hydrogen) atoms. The fraction of sp³-hybridized carbons (Fsp3) is 0.385. The first kappa shape index (κ1) is 14.8. The normalized spacial score (nSPS) is 16.9. The van der Waals surface area contributed by atoms with Gasteiger partial charge in [0.05, 0.1) is 5.69 Å². The number of hydrogen-bond donors (Lipinski definition) is 3. The van der Waals surface area contributed by atoms with E-state index in [1.807, 2.05) is 0 Å². The first-order valence-electron chi connectivity index (χ1n) is 6.28. The lowest BCUT2D eigenvalue weighted by atomic mass is 9.99. The van der Waals surface area contributed by atoms with Crippen LogP contribution >= 0.6 is 15.9 Å². The second-order valence-corrected chi connectivity index (χ2v) is 5.47. The van der Waals surface area contributed by atoms with Gasteiger partial charge < -0.3 is 21.0 Å². The minimum Gasteiger partial charge on any atom is -0.409 e. The summed E-state index contributed by atoms with van der Waals surface area (Å²) in [5, 5.41) is 14.6. The highest BCUT2D eigenvalue weighted by Gasteiger charge is 2.22. The quantitative estimate of drug-likeness (QED) is 0.338. The Bertz CT molecular complexity index is 528. The molecule has 0 aromatic heterocycles. The van der Waals surface area contributed by atoms with Crippen molar-refractivity contribution < 1.29 is 14.7 Å². The minimum atomic E-state index is -0.0670. The summed E-state index contributed by atoms with van der Waals surface area (Å²) in [6, 6.07) is 5.19. The second-order valence-electron chi connectivity index (χ2n) is 4.55. The highest BCUT2D eigenvalue weighted by molar-refractivity contribution is 9.10. The number of nitrogens with two attached hydrogens (primary N) is 1. The lowest BCUT2D eigenvalue weighted by Gasteiger charge is -2.21. The third-order valence-corrected chi connectivity index (χ3v) is 3.71. The highest BCUT2D eigenvalue weighted by atomic mass is 79.9. The number of carbonyl (C=O) groups is 1. The second kappa shape index (κ2) is 6.71. The number of amidine groups is 1. The molecule has 0 spiro atoms. The molecular formula is C13H16BrN3O3. The van der Waals surface area contributed by atoms with Crippen LogP contribution in [0.4, 0.5) is 5.69 Å².